The summed E-state index contributed by atoms with van der Waals surface area (Å²) in [6.07, 6.45) is 3.51. The third-order valence-electron chi connectivity index (χ3n) is 2.75. The van der Waals surface area contributed by atoms with Crippen LogP contribution in [-0.2, 0) is 0 Å². The summed E-state index contributed by atoms with van der Waals surface area (Å²) in [7, 11) is 0. The first-order valence-corrected chi connectivity index (χ1v) is 5.52. The highest BCUT2D eigenvalue weighted by Gasteiger charge is 2.15. The molecule has 0 aromatic rings. The van der Waals surface area contributed by atoms with Gasteiger partial charge in [-0.15, -0.1) is 0 Å². The lowest BCUT2D eigenvalue weighted by molar-refractivity contribution is 0.190. The van der Waals surface area contributed by atoms with Crippen LogP contribution in [0.2, 0.25) is 0 Å². The minimum absolute atomic E-state index is 0.253. The summed E-state index contributed by atoms with van der Waals surface area (Å²) < 4.78 is 0. The van der Waals surface area contributed by atoms with Crippen molar-refractivity contribution < 1.29 is 5.11 Å². The fourth-order valence-electron chi connectivity index (χ4n) is 1.56. The zero-order valence-corrected chi connectivity index (χ0v) is 9.51. The van der Waals surface area contributed by atoms with E-state index in [1.807, 2.05) is 0 Å². The van der Waals surface area contributed by atoms with Crippen LogP contribution in [0.4, 0.5) is 0 Å². The van der Waals surface area contributed by atoms with E-state index in [-0.39, 0.29) is 12.6 Å². The Bertz CT molecular complexity index is 117. The van der Waals surface area contributed by atoms with Crippen LogP contribution < -0.4 is 5.32 Å². The van der Waals surface area contributed by atoms with Gasteiger partial charge in [-0.25, -0.2) is 0 Å². The van der Waals surface area contributed by atoms with Gasteiger partial charge in [0.25, 0.3) is 0 Å². The largest absolute Gasteiger partial charge is 0.395 e. The average molecular weight is 187 g/mol. The van der Waals surface area contributed by atoms with Crippen LogP contribution in [0, 0.1) is 5.92 Å². The summed E-state index contributed by atoms with van der Waals surface area (Å²) in [5.74, 6) is 0.560. The van der Waals surface area contributed by atoms with Crippen LogP contribution in [0.25, 0.3) is 0 Å². The lowest BCUT2D eigenvalue weighted by Crippen LogP contribution is -2.43. The van der Waals surface area contributed by atoms with Crippen molar-refractivity contribution in [2.24, 2.45) is 5.92 Å². The molecular formula is C11H25NO. The third kappa shape index (κ3) is 5.27. The molecule has 2 heteroatoms. The Kier molecular flexibility index (Phi) is 7.29. The number of aliphatic hydroxyl groups excluding tert-OH is 1. The molecule has 0 saturated heterocycles. The van der Waals surface area contributed by atoms with Crippen molar-refractivity contribution in [3.63, 3.8) is 0 Å². The number of hydrogen-bond acceptors (Lipinski definition) is 2. The summed E-state index contributed by atoms with van der Waals surface area (Å²) in [6.45, 7) is 8.99. The topological polar surface area (TPSA) is 32.3 Å². The van der Waals surface area contributed by atoms with Crippen LogP contribution in [0.5, 0.6) is 0 Å². The molecule has 13 heavy (non-hydrogen) atoms. The van der Waals surface area contributed by atoms with Gasteiger partial charge in [0.1, 0.15) is 0 Å². The number of rotatable bonds is 7. The number of hydrogen-bond donors (Lipinski definition) is 2. The minimum Gasteiger partial charge on any atom is -0.395 e. The average Bonchev–Trinajstić information content (AvgIpc) is 2.13. The first kappa shape index (κ1) is 12.9. The monoisotopic (exact) mass is 187 g/mol. The van der Waals surface area contributed by atoms with Crippen molar-refractivity contribution in [1.82, 2.24) is 5.32 Å². The van der Waals surface area contributed by atoms with Crippen molar-refractivity contribution in [3.05, 3.63) is 0 Å². The van der Waals surface area contributed by atoms with E-state index in [4.69, 9.17) is 0 Å². The second kappa shape index (κ2) is 7.34. The van der Waals surface area contributed by atoms with Gasteiger partial charge in [-0.2, -0.15) is 0 Å². The maximum Gasteiger partial charge on any atom is 0.0587 e. The van der Waals surface area contributed by atoms with Crippen molar-refractivity contribution in [1.29, 1.82) is 0 Å². The van der Waals surface area contributed by atoms with Crippen molar-refractivity contribution >= 4 is 0 Å². The predicted octanol–water partition coefficient (Wildman–Crippen LogP) is 2.17. The molecule has 2 nitrogen and oxygen atoms in total. The van der Waals surface area contributed by atoms with E-state index in [9.17, 15) is 5.11 Å². The second-order valence-corrected chi connectivity index (χ2v) is 4.03. The fraction of sp³-hybridized carbons (Fsp3) is 1.00. The van der Waals surface area contributed by atoms with E-state index >= 15 is 0 Å². The van der Waals surface area contributed by atoms with E-state index < -0.39 is 0 Å². The molecule has 80 valence electrons. The molecule has 0 aromatic carbocycles. The molecule has 0 saturated carbocycles. The molecule has 0 fully saturated rings. The normalized spacial score (nSPS) is 18.2. The van der Waals surface area contributed by atoms with Gasteiger partial charge in [0, 0.05) is 12.1 Å². The summed E-state index contributed by atoms with van der Waals surface area (Å²) >= 11 is 0. The SMILES string of the molecule is CCCC(C)NC(CO)C(C)CC. The van der Waals surface area contributed by atoms with Crippen molar-refractivity contribution in [2.45, 2.75) is 59.0 Å². The molecule has 0 bridgehead atoms. The van der Waals surface area contributed by atoms with Gasteiger partial charge >= 0.3 is 0 Å². The van der Waals surface area contributed by atoms with Crippen LogP contribution in [0.1, 0.15) is 47.0 Å². The Labute approximate surface area is 82.7 Å². The van der Waals surface area contributed by atoms with Crippen LogP contribution in [0.3, 0.4) is 0 Å². The zero-order valence-electron chi connectivity index (χ0n) is 9.51. The van der Waals surface area contributed by atoms with E-state index in [2.05, 4.69) is 33.0 Å². The van der Waals surface area contributed by atoms with Crippen LogP contribution >= 0.6 is 0 Å². The van der Waals surface area contributed by atoms with Gasteiger partial charge in [-0.3, -0.25) is 0 Å². The maximum absolute atomic E-state index is 9.18. The molecule has 0 aliphatic rings. The highest BCUT2D eigenvalue weighted by molar-refractivity contribution is 4.74. The summed E-state index contributed by atoms with van der Waals surface area (Å²) in [4.78, 5) is 0. The lowest BCUT2D eigenvalue weighted by atomic mass is 9.98. The first-order chi connectivity index (χ1) is 6.15. The highest BCUT2D eigenvalue weighted by atomic mass is 16.3. The Balaban J connectivity index is 3.82. The molecule has 0 heterocycles. The van der Waals surface area contributed by atoms with Crippen LogP contribution in [0.15, 0.2) is 0 Å². The highest BCUT2D eigenvalue weighted by Crippen LogP contribution is 2.09. The van der Waals surface area contributed by atoms with Gasteiger partial charge in [-0.1, -0.05) is 33.6 Å². The third-order valence-corrected chi connectivity index (χ3v) is 2.75. The molecule has 2 N–H and O–H groups in total. The van der Waals surface area contributed by atoms with Gasteiger partial charge in [0.2, 0.25) is 0 Å². The van der Waals surface area contributed by atoms with Gasteiger partial charge in [0.05, 0.1) is 6.61 Å². The Hall–Kier alpha value is -0.0800. The minimum atomic E-state index is 0.253. The second-order valence-electron chi connectivity index (χ2n) is 4.03. The van der Waals surface area contributed by atoms with Crippen molar-refractivity contribution in [3.8, 4) is 0 Å². The van der Waals surface area contributed by atoms with E-state index in [1.165, 1.54) is 12.8 Å². The molecule has 3 unspecified atom stereocenters. The predicted molar refractivity (Wildman–Crippen MR) is 57.8 cm³/mol. The van der Waals surface area contributed by atoms with E-state index in [1.54, 1.807) is 0 Å². The van der Waals surface area contributed by atoms with Crippen LogP contribution in [-0.4, -0.2) is 23.8 Å². The lowest BCUT2D eigenvalue weighted by Gasteiger charge is -2.26. The molecule has 0 aromatic heterocycles. The number of nitrogens with one attached hydrogen (secondary N) is 1. The number of aliphatic hydroxyl groups is 1. The Morgan fingerprint density at radius 3 is 2.23 bits per heavy atom. The summed E-state index contributed by atoms with van der Waals surface area (Å²) in [6, 6.07) is 0.794. The van der Waals surface area contributed by atoms with E-state index in [0.29, 0.717) is 12.0 Å². The first-order valence-electron chi connectivity index (χ1n) is 5.52. The van der Waals surface area contributed by atoms with Gasteiger partial charge < -0.3 is 10.4 Å². The molecule has 0 radical (unpaired) electrons. The standard InChI is InChI=1S/C11H25NO/c1-5-7-10(4)12-11(8-13)9(3)6-2/h9-13H,5-8H2,1-4H3. The summed E-state index contributed by atoms with van der Waals surface area (Å²) in [5, 5.41) is 12.7. The molecular weight excluding hydrogens is 162 g/mol. The van der Waals surface area contributed by atoms with Crippen molar-refractivity contribution in [2.75, 3.05) is 6.61 Å². The molecule has 3 atom stereocenters. The Morgan fingerprint density at radius 1 is 1.23 bits per heavy atom. The van der Waals surface area contributed by atoms with Gasteiger partial charge in [0.15, 0.2) is 0 Å². The summed E-state index contributed by atoms with van der Waals surface area (Å²) in [5.41, 5.74) is 0. The fourth-order valence-corrected chi connectivity index (χ4v) is 1.56. The zero-order chi connectivity index (χ0) is 10.3. The Morgan fingerprint density at radius 2 is 1.85 bits per heavy atom. The van der Waals surface area contributed by atoms with E-state index in [0.717, 1.165) is 6.42 Å². The molecule has 0 amide bonds. The quantitative estimate of drug-likeness (QED) is 0.640. The molecule has 0 spiro atoms. The molecule has 0 aliphatic carbocycles. The smallest absolute Gasteiger partial charge is 0.0587 e. The van der Waals surface area contributed by atoms with Gasteiger partial charge in [-0.05, 0) is 19.3 Å². The molecule has 0 aliphatic heterocycles. The molecule has 0 rings (SSSR count). The maximum atomic E-state index is 9.18.